The molecular formula is C17H17FN4O4S2. The van der Waals surface area contributed by atoms with Crippen LogP contribution in [0, 0.1) is 5.82 Å². The third-order valence-corrected chi connectivity index (χ3v) is 5.90. The van der Waals surface area contributed by atoms with Crippen LogP contribution in [0.1, 0.15) is 12.8 Å². The van der Waals surface area contributed by atoms with Gasteiger partial charge in [0.15, 0.2) is 0 Å². The van der Waals surface area contributed by atoms with Crippen molar-refractivity contribution in [2.45, 2.75) is 19.5 Å². The van der Waals surface area contributed by atoms with Crippen molar-refractivity contribution >= 4 is 33.0 Å². The second-order valence-corrected chi connectivity index (χ2v) is 8.73. The number of amides is 1. The maximum absolute atomic E-state index is 13.1. The lowest BCUT2D eigenvalue weighted by molar-refractivity contribution is -0.122. The number of aromatic nitrogens is 2. The van der Waals surface area contributed by atoms with E-state index >= 15 is 0 Å². The number of carbonyl (C=O) groups is 1. The molecule has 3 rings (SSSR count). The Morgan fingerprint density at radius 3 is 2.64 bits per heavy atom. The van der Waals surface area contributed by atoms with Crippen molar-refractivity contribution in [1.82, 2.24) is 15.5 Å². The van der Waals surface area contributed by atoms with Crippen molar-refractivity contribution in [3.05, 3.63) is 53.5 Å². The van der Waals surface area contributed by atoms with E-state index < -0.39 is 27.8 Å². The summed E-state index contributed by atoms with van der Waals surface area (Å²) < 4.78 is 43.5. The van der Waals surface area contributed by atoms with E-state index in [9.17, 15) is 17.6 Å². The Morgan fingerprint density at radius 2 is 2.04 bits per heavy atom. The zero-order valence-corrected chi connectivity index (χ0v) is 16.6. The molecule has 0 radical (unpaired) electrons. The van der Waals surface area contributed by atoms with E-state index in [0.29, 0.717) is 5.82 Å². The maximum atomic E-state index is 13.1. The lowest BCUT2D eigenvalue weighted by atomic mass is 10.2. The summed E-state index contributed by atoms with van der Waals surface area (Å²) >= 11 is 1.45. The standard InChI is InChI=1S/C17H17FN4O4S2/c1-11(22(28(2,24)25)13-7-5-12(18)6-8-13)17(23)19-10-15-20-16(21-26-15)14-4-3-9-27-14/h3-9,11H,10H2,1-2H3,(H,19,23)/t11-/m1/s1. The highest BCUT2D eigenvalue weighted by molar-refractivity contribution is 7.92. The molecule has 1 N–H and O–H groups in total. The maximum Gasteiger partial charge on any atom is 0.246 e. The average Bonchev–Trinajstić information content (AvgIpc) is 3.31. The summed E-state index contributed by atoms with van der Waals surface area (Å²) in [6.07, 6.45) is 0.978. The van der Waals surface area contributed by atoms with Gasteiger partial charge in [0, 0.05) is 0 Å². The Morgan fingerprint density at radius 1 is 1.32 bits per heavy atom. The van der Waals surface area contributed by atoms with Gasteiger partial charge < -0.3 is 9.84 Å². The minimum Gasteiger partial charge on any atom is -0.345 e. The van der Waals surface area contributed by atoms with Gasteiger partial charge in [-0.15, -0.1) is 11.3 Å². The normalized spacial score (nSPS) is 12.5. The SMILES string of the molecule is C[C@H](C(=O)NCc1nc(-c2cccs2)no1)N(c1ccc(F)cc1)S(C)(=O)=O. The van der Waals surface area contributed by atoms with Crippen LogP contribution in [0.5, 0.6) is 0 Å². The average molecular weight is 424 g/mol. The summed E-state index contributed by atoms with van der Waals surface area (Å²) in [7, 11) is -3.78. The van der Waals surface area contributed by atoms with Crippen LogP contribution in [0.4, 0.5) is 10.1 Å². The summed E-state index contributed by atoms with van der Waals surface area (Å²) in [6.45, 7) is 1.38. The quantitative estimate of drug-likeness (QED) is 0.624. The van der Waals surface area contributed by atoms with Gasteiger partial charge in [0.2, 0.25) is 27.6 Å². The molecule has 1 atom stereocenters. The van der Waals surface area contributed by atoms with Crippen LogP contribution in [-0.4, -0.2) is 36.8 Å². The van der Waals surface area contributed by atoms with Crippen LogP contribution in [0.3, 0.4) is 0 Å². The van der Waals surface area contributed by atoms with Crippen molar-refractivity contribution in [3.8, 4) is 10.7 Å². The van der Waals surface area contributed by atoms with E-state index in [1.807, 2.05) is 17.5 Å². The highest BCUT2D eigenvalue weighted by Gasteiger charge is 2.29. The van der Waals surface area contributed by atoms with Gasteiger partial charge in [0.1, 0.15) is 11.9 Å². The number of thiophene rings is 1. The van der Waals surface area contributed by atoms with Crippen LogP contribution in [0.15, 0.2) is 46.3 Å². The molecule has 11 heteroatoms. The Bertz CT molecular complexity index is 1050. The molecule has 1 aromatic carbocycles. The summed E-state index contributed by atoms with van der Waals surface area (Å²) in [5.74, 6) is -0.467. The van der Waals surface area contributed by atoms with Crippen LogP contribution in [0.2, 0.25) is 0 Å². The fraction of sp³-hybridized carbons (Fsp3) is 0.235. The highest BCUT2D eigenvalue weighted by Crippen LogP contribution is 2.22. The Kier molecular flexibility index (Phi) is 5.75. The first kappa shape index (κ1) is 20.0. The minimum absolute atomic E-state index is 0.0530. The van der Waals surface area contributed by atoms with Gasteiger partial charge in [-0.25, -0.2) is 12.8 Å². The number of sulfonamides is 1. The van der Waals surface area contributed by atoms with Gasteiger partial charge in [0.25, 0.3) is 0 Å². The van der Waals surface area contributed by atoms with Crippen LogP contribution in [-0.2, 0) is 21.4 Å². The zero-order chi connectivity index (χ0) is 20.3. The molecule has 0 aliphatic carbocycles. The summed E-state index contributed by atoms with van der Waals surface area (Å²) in [6, 6.07) is 7.48. The lowest BCUT2D eigenvalue weighted by Gasteiger charge is -2.28. The number of nitrogens with one attached hydrogen (secondary N) is 1. The number of hydrogen-bond donors (Lipinski definition) is 1. The molecule has 0 unspecified atom stereocenters. The van der Waals surface area contributed by atoms with Crippen molar-refractivity contribution in [3.63, 3.8) is 0 Å². The smallest absolute Gasteiger partial charge is 0.246 e. The van der Waals surface area contributed by atoms with Gasteiger partial charge in [-0.2, -0.15) is 4.98 Å². The van der Waals surface area contributed by atoms with E-state index in [2.05, 4.69) is 15.5 Å². The first-order valence-corrected chi connectivity index (χ1v) is 10.9. The third kappa shape index (κ3) is 4.54. The number of halogens is 1. The molecular weight excluding hydrogens is 407 g/mol. The van der Waals surface area contributed by atoms with Gasteiger partial charge in [-0.1, -0.05) is 11.2 Å². The van der Waals surface area contributed by atoms with Crippen LogP contribution < -0.4 is 9.62 Å². The molecule has 2 heterocycles. The molecule has 148 valence electrons. The van der Waals surface area contributed by atoms with Gasteiger partial charge in [-0.3, -0.25) is 9.10 Å². The molecule has 1 amide bonds. The van der Waals surface area contributed by atoms with Crippen molar-refractivity contribution in [2.24, 2.45) is 0 Å². The summed E-state index contributed by atoms with van der Waals surface area (Å²) in [4.78, 5) is 17.5. The Balaban J connectivity index is 1.70. The molecule has 2 aromatic heterocycles. The van der Waals surface area contributed by atoms with Gasteiger partial charge >= 0.3 is 0 Å². The Labute approximate surface area is 165 Å². The molecule has 0 saturated heterocycles. The number of hydrogen-bond acceptors (Lipinski definition) is 7. The predicted molar refractivity (Wildman–Crippen MR) is 103 cm³/mol. The molecule has 28 heavy (non-hydrogen) atoms. The largest absolute Gasteiger partial charge is 0.345 e. The van der Waals surface area contributed by atoms with Crippen molar-refractivity contribution in [1.29, 1.82) is 0 Å². The zero-order valence-electron chi connectivity index (χ0n) is 15.0. The number of rotatable bonds is 7. The predicted octanol–water partition coefficient (Wildman–Crippen LogP) is 2.41. The number of benzene rings is 1. The second-order valence-electron chi connectivity index (χ2n) is 5.92. The van der Waals surface area contributed by atoms with Crippen LogP contribution >= 0.6 is 11.3 Å². The first-order valence-electron chi connectivity index (χ1n) is 8.15. The summed E-state index contributed by atoms with van der Waals surface area (Å²) in [5, 5.41) is 8.30. The van der Waals surface area contributed by atoms with E-state index in [-0.39, 0.29) is 18.1 Å². The number of carbonyl (C=O) groups excluding carboxylic acids is 1. The molecule has 0 bridgehead atoms. The van der Waals surface area contributed by atoms with Gasteiger partial charge in [0.05, 0.1) is 23.4 Å². The molecule has 0 spiro atoms. The van der Waals surface area contributed by atoms with E-state index in [0.717, 1.165) is 27.6 Å². The highest BCUT2D eigenvalue weighted by atomic mass is 32.2. The Hall–Kier alpha value is -2.79. The van der Waals surface area contributed by atoms with Gasteiger partial charge in [-0.05, 0) is 42.6 Å². The molecule has 8 nitrogen and oxygen atoms in total. The van der Waals surface area contributed by atoms with E-state index in [1.165, 1.54) is 30.4 Å². The number of nitrogens with zero attached hydrogens (tertiary/aromatic N) is 3. The molecule has 0 fully saturated rings. The monoisotopic (exact) mass is 424 g/mol. The topological polar surface area (TPSA) is 105 Å². The number of anilines is 1. The summed E-state index contributed by atoms with van der Waals surface area (Å²) in [5.41, 5.74) is 0.185. The van der Waals surface area contributed by atoms with Crippen molar-refractivity contribution in [2.75, 3.05) is 10.6 Å². The van der Waals surface area contributed by atoms with Crippen LogP contribution in [0.25, 0.3) is 10.7 Å². The van der Waals surface area contributed by atoms with E-state index in [4.69, 9.17) is 4.52 Å². The molecule has 0 aliphatic rings. The molecule has 3 aromatic rings. The molecule has 0 aliphatic heterocycles. The van der Waals surface area contributed by atoms with Crippen molar-refractivity contribution < 1.29 is 22.1 Å². The lowest BCUT2D eigenvalue weighted by Crippen LogP contribution is -2.47. The fourth-order valence-corrected chi connectivity index (χ4v) is 4.36. The second kappa shape index (κ2) is 8.07. The van der Waals surface area contributed by atoms with E-state index in [1.54, 1.807) is 0 Å². The fourth-order valence-electron chi connectivity index (χ4n) is 2.54. The first-order chi connectivity index (χ1) is 13.3. The molecule has 0 saturated carbocycles. The minimum atomic E-state index is -3.78. The third-order valence-electron chi connectivity index (χ3n) is 3.79.